The van der Waals surface area contributed by atoms with E-state index >= 15 is 0 Å². The van der Waals surface area contributed by atoms with E-state index in [4.69, 9.17) is 4.74 Å². The minimum absolute atomic E-state index is 0.0106. The second-order valence-electron chi connectivity index (χ2n) is 6.51. The van der Waals surface area contributed by atoms with Crippen LogP contribution in [0.5, 0.6) is 0 Å². The Bertz CT molecular complexity index is 420. The van der Waals surface area contributed by atoms with E-state index in [1.807, 2.05) is 13.8 Å². The first-order valence-corrected chi connectivity index (χ1v) is 6.71. The van der Waals surface area contributed by atoms with Gasteiger partial charge in [0.15, 0.2) is 0 Å². The molecule has 2 rings (SSSR count). The number of hydrogen-bond donors (Lipinski definition) is 0. The number of nitrogens with zero attached hydrogens (tertiary/aromatic N) is 1. The van der Waals surface area contributed by atoms with E-state index in [1.165, 1.54) is 0 Å². The van der Waals surface area contributed by atoms with Crippen molar-refractivity contribution in [1.29, 1.82) is 0 Å². The van der Waals surface area contributed by atoms with Crippen molar-refractivity contribution in [1.82, 2.24) is 0 Å². The van der Waals surface area contributed by atoms with Crippen molar-refractivity contribution >= 4 is 11.7 Å². The number of carbonyl (C=O) groups excluding carboxylic acids is 1. The highest BCUT2D eigenvalue weighted by Gasteiger charge is 2.56. The van der Waals surface area contributed by atoms with Crippen LogP contribution >= 0.6 is 0 Å². The van der Waals surface area contributed by atoms with E-state index in [-0.39, 0.29) is 17.5 Å². The molecule has 3 nitrogen and oxygen atoms in total. The van der Waals surface area contributed by atoms with Crippen LogP contribution in [0.15, 0.2) is 17.1 Å². The molecule has 0 bridgehead atoms. The summed E-state index contributed by atoms with van der Waals surface area (Å²) in [6, 6.07) is 0. The van der Waals surface area contributed by atoms with Crippen molar-refractivity contribution in [3.05, 3.63) is 12.2 Å². The molecule has 0 amide bonds. The molecule has 3 heteroatoms. The fourth-order valence-corrected chi connectivity index (χ4v) is 3.22. The maximum Gasteiger partial charge on any atom is 0.318 e. The molecule has 0 radical (unpaired) electrons. The van der Waals surface area contributed by atoms with Gasteiger partial charge in [0.2, 0.25) is 0 Å². The number of aliphatic imine (C=N–C) groups is 1. The van der Waals surface area contributed by atoms with Crippen molar-refractivity contribution in [2.45, 2.75) is 53.1 Å². The molecule has 1 heterocycles. The van der Waals surface area contributed by atoms with E-state index < -0.39 is 5.41 Å². The summed E-state index contributed by atoms with van der Waals surface area (Å²) < 4.78 is 5.48. The summed E-state index contributed by atoms with van der Waals surface area (Å²) in [6.07, 6.45) is 2.46. The molecule has 0 spiro atoms. The normalized spacial score (nSPS) is 30.1. The minimum atomic E-state index is -0.525. The molecule has 1 unspecified atom stereocenters. The van der Waals surface area contributed by atoms with Gasteiger partial charge in [-0.05, 0) is 33.1 Å². The summed E-state index contributed by atoms with van der Waals surface area (Å²) >= 11 is 0. The Labute approximate surface area is 109 Å². The lowest BCUT2D eigenvalue weighted by Crippen LogP contribution is -2.44. The molecule has 0 saturated heterocycles. The van der Waals surface area contributed by atoms with Gasteiger partial charge in [0, 0.05) is 11.1 Å². The van der Waals surface area contributed by atoms with Crippen LogP contribution in [-0.2, 0) is 9.53 Å². The quantitative estimate of drug-likeness (QED) is 0.557. The fraction of sp³-hybridized carbons (Fsp3) is 0.733. The van der Waals surface area contributed by atoms with Gasteiger partial charge >= 0.3 is 5.97 Å². The Morgan fingerprint density at radius 1 is 1.39 bits per heavy atom. The van der Waals surface area contributed by atoms with Crippen LogP contribution in [0.25, 0.3) is 0 Å². The highest BCUT2D eigenvalue weighted by atomic mass is 16.5. The summed E-state index contributed by atoms with van der Waals surface area (Å²) in [6.45, 7) is 12.8. The van der Waals surface area contributed by atoms with Gasteiger partial charge in [-0.2, -0.15) is 0 Å². The molecule has 0 N–H and O–H groups in total. The van der Waals surface area contributed by atoms with Gasteiger partial charge in [0.1, 0.15) is 5.41 Å². The summed E-state index contributed by atoms with van der Waals surface area (Å²) in [5.74, 6) is -0.109. The van der Waals surface area contributed by atoms with Gasteiger partial charge < -0.3 is 4.74 Å². The maximum absolute atomic E-state index is 12.5. The van der Waals surface area contributed by atoms with E-state index in [9.17, 15) is 4.79 Å². The summed E-state index contributed by atoms with van der Waals surface area (Å²) in [4.78, 5) is 17.1. The zero-order valence-electron chi connectivity index (χ0n) is 11.9. The van der Waals surface area contributed by atoms with Crippen LogP contribution in [0, 0.1) is 10.8 Å². The standard InChI is InChI=1S/C15H23NO2/c1-10(2)18-13(17)15-7-6-14(4,5)12(15)16-9-11(3)8-15/h10H,3,6-9H2,1-2,4-5H3. The summed E-state index contributed by atoms with van der Waals surface area (Å²) in [5.41, 5.74) is 1.56. The first-order chi connectivity index (χ1) is 8.28. The highest BCUT2D eigenvalue weighted by Crippen LogP contribution is 2.52. The lowest BCUT2D eigenvalue weighted by atomic mass is 9.73. The predicted molar refractivity (Wildman–Crippen MR) is 72.7 cm³/mol. The van der Waals surface area contributed by atoms with Crippen LogP contribution in [0.3, 0.4) is 0 Å². The Balaban J connectivity index is 2.39. The molecule has 1 aliphatic carbocycles. The van der Waals surface area contributed by atoms with Gasteiger partial charge in [-0.25, -0.2) is 0 Å². The third kappa shape index (κ3) is 2.00. The van der Waals surface area contributed by atoms with Crippen molar-refractivity contribution in [2.24, 2.45) is 15.8 Å². The van der Waals surface area contributed by atoms with Gasteiger partial charge in [0.25, 0.3) is 0 Å². The van der Waals surface area contributed by atoms with Gasteiger partial charge in [0.05, 0.1) is 12.6 Å². The van der Waals surface area contributed by atoms with Gasteiger partial charge in [-0.1, -0.05) is 26.0 Å². The Kier molecular flexibility index (Phi) is 3.12. The molecule has 18 heavy (non-hydrogen) atoms. The van der Waals surface area contributed by atoms with Crippen LogP contribution in [0.1, 0.15) is 47.0 Å². The van der Waals surface area contributed by atoms with Crippen LogP contribution in [-0.4, -0.2) is 24.3 Å². The second-order valence-corrected chi connectivity index (χ2v) is 6.51. The molecule has 0 aromatic carbocycles. The summed E-state index contributed by atoms with van der Waals surface area (Å²) in [5, 5.41) is 0. The third-order valence-corrected chi connectivity index (χ3v) is 4.02. The zero-order valence-corrected chi connectivity index (χ0v) is 11.9. The largest absolute Gasteiger partial charge is 0.462 e. The second kappa shape index (κ2) is 4.22. The maximum atomic E-state index is 12.5. The fourth-order valence-electron chi connectivity index (χ4n) is 3.22. The molecule has 1 aliphatic heterocycles. The van der Waals surface area contributed by atoms with Gasteiger partial charge in [-0.3, -0.25) is 9.79 Å². The van der Waals surface area contributed by atoms with E-state index in [0.29, 0.717) is 13.0 Å². The van der Waals surface area contributed by atoms with Crippen LogP contribution in [0.2, 0.25) is 0 Å². The highest BCUT2D eigenvalue weighted by molar-refractivity contribution is 6.11. The van der Waals surface area contributed by atoms with Crippen molar-refractivity contribution < 1.29 is 9.53 Å². The molecular weight excluding hydrogens is 226 g/mol. The lowest BCUT2D eigenvalue weighted by Gasteiger charge is -2.35. The molecular formula is C15H23NO2. The Hall–Kier alpha value is -1.12. The van der Waals surface area contributed by atoms with E-state index in [1.54, 1.807) is 0 Å². The minimum Gasteiger partial charge on any atom is -0.462 e. The summed E-state index contributed by atoms with van der Waals surface area (Å²) in [7, 11) is 0. The van der Waals surface area contributed by atoms with Crippen LogP contribution < -0.4 is 0 Å². The lowest BCUT2D eigenvalue weighted by molar-refractivity contribution is -0.155. The van der Waals surface area contributed by atoms with E-state index in [0.717, 1.165) is 24.1 Å². The van der Waals surface area contributed by atoms with Gasteiger partial charge in [-0.15, -0.1) is 0 Å². The number of ether oxygens (including phenoxy) is 1. The molecule has 2 aliphatic rings. The first kappa shape index (κ1) is 13.3. The Morgan fingerprint density at radius 2 is 2.06 bits per heavy atom. The van der Waals surface area contributed by atoms with Crippen molar-refractivity contribution in [2.75, 3.05) is 6.54 Å². The first-order valence-electron chi connectivity index (χ1n) is 6.71. The molecule has 100 valence electrons. The smallest absolute Gasteiger partial charge is 0.318 e. The SMILES string of the molecule is C=C1CN=C2C(C)(C)CCC2(C(=O)OC(C)C)C1. The van der Waals surface area contributed by atoms with Crippen LogP contribution in [0.4, 0.5) is 0 Å². The molecule has 1 fully saturated rings. The van der Waals surface area contributed by atoms with Crippen molar-refractivity contribution in [3.63, 3.8) is 0 Å². The monoisotopic (exact) mass is 249 g/mol. The topological polar surface area (TPSA) is 38.7 Å². The molecule has 1 atom stereocenters. The average Bonchev–Trinajstić information content (AvgIpc) is 2.51. The number of fused-ring (bicyclic) bond motifs is 1. The third-order valence-electron chi connectivity index (χ3n) is 4.02. The van der Waals surface area contributed by atoms with Crippen molar-refractivity contribution in [3.8, 4) is 0 Å². The number of carbonyl (C=O) groups is 1. The van der Waals surface area contributed by atoms with E-state index in [2.05, 4.69) is 25.4 Å². The molecule has 0 aromatic heterocycles. The predicted octanol–water partition coefficient (Wildman–Crippen LogP) is 3.15. The zero-order chi connectivity index (χ0) is 13.6. The number of rotatable bonds is 2. The average molecular weight is 249 g/mol. The molecule has 0 aromatic rings. The number of hydrogen-bond acceptors (Lipinski definition) is 3. The number of esters is 1. The Morgan fingerprint density at radius 3 is 2.67 bits per heavy atom. The molecule has 1 saturated carbocycles.